The van der Waals surface area contributed by atoms with E-state index in [-0.39, 0.29) is 5.91 Å². The van der Waals surface area contributed by atoms with Crippen LogP contribution < -0.4 is 0 Å². The Hall–Kier alpha value is -2.16. The van der Waals surface area contributed by atoms with Crippen LogP contribution in [0.4, 0.5) is 4.39 Å². The summed E-state index contributed by atoms with van der Waals surface area (Å²) in [7, 11) is 0. The number of carbonyl (C=O) groups is 1. The SMILES string of the molecule is O=C1N(Cc2ccccc2)C(F)C12CCc1ccccc12. The van der Waals surface area contributed by atoms with E-state index in [9.17, 15) is 9.18 Å². The summed E-state index contributed by atoms with van der Waals surface area (Å²) < 4.78 is 14.9. The standard InChI is InChI=1S/C18H16FNO/c19-16-18(11-10-14-8-4-5-9-15(14)18)17(21)20(16)12-13-6-2-1-3-7-13/h1-9,16H,10-12H2. The fourth-order valence-electron chi connectivity index (χ4n) is 3.70. The van der Waals surface area contributed by atoms with E-state index < -0.39 is 11.7 Å². The van der Waals surface area contributed by atoms with Gasteiger partial charge < -0.3 is 4.90 Å². The van der Waals surface area contributed by atoms with Gasteiger partial charge in [0.05, 0.1) is 0 Å². The first kappa shape index (κ1) is 12.6. The van der Waals surface area contributed by atoms with Crippen molar-refractivity contribution in [3.63, 3.8) is 0 Å². The van der Waals surface area contributed by atoms with Crippen LogP contribution in [0.3, 0.4) is 0 Å². The average Bonchev–Trinajstić information content (AvgIpc) is 2.95. The number of halogens is 1. The lowest BCUT2D eigenvalue weighted by Gasteiger charge is -2.50. The molecule has 3 heteroatoms. The van der Waals surface area contributed by atoms with Crippen molar-refractivity contribution in [2.45, 2.75) is 31.1 Å². The molecule has 1 spiro atoms. The van der Waals surface area contributed by atoms with Gasteiger partial charge in [0.25, 0.3) is 0 Å². The second-order valence-electron chi connectivity index (χ2n) is 5.88. The lowest BCUT2D eigenvalue weighted by molar-refractivity contribution is -0.176. The van der Waals surface area contributed by atoms with Crippen molar-refractivity contribution in [3.05, 3.63) is 71.3 Å². The van der Waals surface area contributed by atoms with Crippen LogP contribution in [0.1, 0.15) is 23.1 Å². The molecule has 1 amide bonds. The maximum atomic E-state index is 14.9. The first-order chi connectivity index (χ1) is 10.2. The molecular formula is C18H16FNO. The normalized spacial score (nSPS) is 26.8. The zero-order valence-corrected chi connectivity index (χ0v) is 11.6. The van der Waals surface area contributed by atoms with Crippen LogP contribution in [0.2, 0.25) is 0 Å². The van der Waals surface area contributed by atoms with E-state index in [4.69, 9.17) is 0 Å². The molecule has 2 atom stereocenters. The number of likely N-dealkylation sites (tertiary alicyclic amines) is 1. The molecule has 2 aromatic rings. The molecule has 1 aliphatic carbocycles. The van der Waals surface area contributed by atoms with Gasteiger partial charge in [-0.15, -0.1) is 0 Å². The Morgan fingerprint density at radius 2 is 1.81 bits per heavy atom. The predicted molar refractivity (Wildman–Crippen MR) is 78.3 cm³/mol. The second kappa shape index (κ2) is 4.42. The van der Waals surface area contributed by atoms with E-state index in [2.05, 4.69) is 0 Å². The molecule has 0 aromatic heterocycles. The number of carbonyl (C=O) groups excluding carboxylic acids is 1. The van der Waals surface area contributed by atoms with Crippen molar-refractivity contribution in [1.29, 1.82) is 0 Å². The highest BCUT2D eigenvalue weighted by atomic mass is 19.1. The van der Waals surface area contributed by atoms with Crippen LogP contribution in [0.25, 0.3) is 0 Å². The van der Waals surface area contributed by atoms with Gasteiger partial charge in [-0.25, -0.2) is 4.39 Å². The molecule has 2 aromatic carbocycles. The lowest BCUT2D eigenvalue weighted by Crippen LogP contribution is -2.68. The number of hydrogen-bond donors (Lipinski definition) is 0. The summed E-state index contributed by atoms with van der Waals surface area (Å²) in [5, 5.41) is 0. The van der Waals surface area contributed by atoms with Gasteiger partial charge in [-0.1, -0.05) is 54.6 Å². The number of fused-ring (bicyclic) bond motifs is 2. The van der Waals surface area contributed by atoms with E-state index >= 15 is 0 Å². The van der Waals surface area contributed by atoms with Crippen LogP contribution in [-0.4, -0.2) is 17.1 Å². The van der Waals surface area contributed by atoms with Gasteiger partial charge in [-0.3, -0.25) is 4.79 Å². The van der Waals surface area contributed by atoms with Gasteiger partial charge in [0.15, 0.2) is 6.30 Å². The van der Waals surface area contributed by atoms with Crippen LogP contribution in [0, 0.1) is 0 Å². The summed E-state index contributed by atoms with van der Waals surface area (Å²) in [5.74, 6) is -0.0659. The van der Waals surface area contributed by atoms with Gasteiger partial charge in [-0.05, 0) is 29.5 Å². The highest BCUT2D eigenvalue weighted by molar-refractivity contribution is 5.96. The Bertz CT molecular complexity index is 699. The predicted octanol–water partition coefficient (Wildman–Crippen LogP) is 3.21. The van der Waals surface area contributed by atoms with Crippen molar-refractivity contribution in [1.82, 2.24) is 4.90 Å². The minimum absolute atomic E-state index is 0.0659. The summed E-state index contributed by atoms with van der Waals surface area (Å²) >= 11 is 0. The molecule has 0 bridgehead atoms. The summed E-state index contributed by atoms with van der Waals surface area (Å²) in [6.07, 6.45) is 0.174. The molecule has 0 N–H and O–H groups in total. The molecule has 1 fully saturated rings. The van der Waals surface area contributed by atoms with Crippen LogP contribution in [0.5, 0.6) is 0 Å². The van der Waals surface area contributed by atoms with E-state index in [1.165, 1.54) is 4.90 Å². The molecular weight excluding hydrogens is 265 g/mol. The molecule has 2 aliphatic rings. The minimum Gasteiger partial charge on any atom is -0.306 e. The largest absolute Gasteiger partial charge is 0.306 e. The number of hydrogen-bond acceptors (Lipinski definition) is 1. The molecule has 4 rings (SSSR count). The van der Waals surface area contributed by atoms with E-state index in [0.29, 0.717) is 13.0 Å². The lowest BCUT2D eigenvalue weighted by atomic mass is 9.72. The quantitative estimate of drug-likeness (QED) is 0.611. The third-order valence-electron chi connectivity index (χ3n) is 4.81. The summed E-state index contributed by atoms with van der Waals surface area (Å²) in [4.78, 5) is 14.0. The summed E-state index contributed by atoms with van der Waals surface area (Å²) in [5.41, 5.74) is 2.07. The monoisotopic (exact) mass is 281 g/mol. The number of alkyl halides is 1. The highest BCUT2D eigenvalue weighted by Gasteiger charge is 2.64. The average molecular weight is 281 g/mol. The fourth-order valence-corrected chi connectivity index (χ4v) is 3.70. The first-order valence-electron chi connectivity index (χ1n) is 7.31. The number of nitrogens with zero attached hydrogens (tertiary/aromatic N) is 1. The molecule has 21 heavy (non-hydrogen) atoms. The smallest absolute Gasteiger partial charge is 0.240 e. The second-order valence-corrected chi connectivity index (χ2v) is 5.88. The third kappa shape index (κ3) is 1.60. The number of aryl methyl sites for hydroxylation is 1. The van der Waals surface area contributed by atoms with Gasteiger partial charge in [0.1, 0.15) is 5.41 Å². The zero-order chi connectivity index (χ0) is 14.4. The number of benzene rings is 2. The zero-order valence-electron chi connectivity index (χ0n) is 11.6. The Morgan fingerprint density at radius 1 is 1.10 bits per heavy atom. The third-order valence-corrected chi connectivity index (χ3v) is 4.81. The van der Waals surface area contributed by atoms with E-state index in [1.807, 2.05) is 54.6 Å². The highest BCUT2D eigenvalue weighted by Crippen LogP contribution is 2.51. The van der Waals surface area contributed by atoms with Crippen molar-refractivity contribution in [3.8, 4) is 0 Å². The molecule has 1 aliphatic heterocycles. The maximum absolute atomic E-state index is 14.9. The molecule has 0 radical (unpaired) electrons. The molecule has 2 unspecified atom stereocenters. The molecule has 1 heterocycles. The molecule has 0 saturated carbocycles. The first-order valence-corrected chi connectivity index (χ1v) is 7.31. The van der Waals surface area contributed by atoms with Crippen molar-refractivity contribution >= 4 is 5.91 Å². The van der Waals surface area contributed by atoms with Gasteiger partial charge >= 0.3 is 0 Å². The van der Waals surface area contributed by atoms with Crippen LogP contribution >= 0.6 is 0 Å². The van der Waals surface area contributed by atoms with Crippen LogP contribution in [-0.2, 0) is 23.2 Å². The maximum Gasteiger partial charge on any atom is 0.240 e. The Kier molecular flexibility index (Phi) is 2.64. The summed E-state index contributed by atoms with van der Waals surface area (Å²) in [6, 6.07) is 17.4. The van der Waals surface area contributed by atoms with Crippen LogP contribution in [0.15, 0.2) is 54.6 Å². The Morgan fingerprint density at radius 3 is 2.57 bits per heavy atom. The Balaban J connectivity index is 1.63. The molecule has 2 nitrogen and oxygen atoms in total. The van der Waals surface area contributed by atoms with E-state index in [0.717, 1.165) is 23.1 Å². The van der Waals surface area contributed by atoms with Gasteiger partial charge in [0, 0.05) is 6.54 Å². The topological polar surface area (TPSA) is 20.3 Å². The van der Waals surface area contributed by atoms with Gasteiger partial charge in [-0.2, -0.15) is 0 Å². The number of rotatable bonds is 2. The molecule has 106 valence electrons. The van der Waals surface area contributed by atoms with Crippen molar-refractivity contribution in [2.75, 3.05) is 0 Å². The minimum atomic E-state index is -1.21. The number of amides is 1. The van der Waals surface area contributed by atoms with Gasteiger partial charge in [0.2, 0.25) is 5.91 Å². The molecule has 1 saturated heterocycles. The van der Waals surface area contributed by atoms with Crippen molar-refractivity contribution in [2.24, 2.45) is 0 Å². The van der Waals surface area contributed by atoms with E-state index in [1.54, 1.807) is 0 Å². The number of β-lactam (4-membered cyclic amide) rings is 1. The fraction of sp³-hybridized carbons (Fsp3) is 0.278. The summed E-state index contributed by atoms with van der Waals surface area (Å²) in [6.45, 7) is 0.352. The Labute approximate surface area is 123 Å². The van der Waals surface area contributed by atoms with Crippen molar-refractivity contribution < 1.29 is 9.18 Å².